The number of rotatable bonds is 8. The summed E-state index contributed by atoms with van der Waals surface area (Å²) in [6.45, 7) is 4.64. The summed E-state index contributed by atoms with van der Waals surface area (Å²) >= 11 is 0. The summed E-state index contributed by atoms with van der Waals surface area (Å²) < 4.78 is 16.3. The topological polar surface area (TPSA) is 143 Å². The number of anilines is 2. The van der Waals surface area contributed by atoms with Crippen LogP contribution in [0, 0.1) is 0 Å². The number of nitrogens with one attached hydrogen (secondary N) is 1. The predicted molar refractivity (Wildman–Crippen MR) is 94.5 cm³/mol. The molecule has 0 aliphatic carbocycles. The average molecular weight is 373 g/mol. The van der Waals surface area contributed by atoms with E-state index in [9.17, 15) is 4.79 Å². The minimum Gasteiger partial charge on any atom is -0.494 e. The number of benzene rings is 1. The first-order chi connectivity index (χ1) is 13.1. The molecule has 0 aliphatic rings. The van der Waals surface area contributed by atoms with E-state index in [0.717, 1.165) is 11.4 Å². The van der Waals surface area contributed by atoms with Gasteiger partial charge in [0, 0.05) is 5.69 Å². The van der Waals surface area contributed by atoms with Gasteiger partial charge in [-0.3, -0.25) is 0 Å². The van der Waals surface area contributed by atoms with Crippen molar-refractivity contribution < 1.29 is 18.9 Å². The van der Waals surface area contributed by atoms with Crippen LogP contribution in [0.25, 0.3) is 5.82 Å². The molecular formula is C16H19N7O4. The third-order valence-electron chi connectivity index (χ3n) is 3.55. The maximum Gasteiger partial charge on any atom is 0.360 e. The first kappa shape index (κ1) is 18.2. The van der Waals surface area contributed by atoms with Gasteiger partial charge in [-0.05, 0) is 48.4 Å². The Morgan fingerprint density at radius 2 is 2.00 bits per heavy atom. The second kappa shape index (κ2) is 8.17. The van der Waals surface area contributed by atoms with Gasteiger partial charge in [0.25, 0.3) is 0 Å². The molecule has 3 aromatic rings. The Bertz CT molecular complexity index is 904. The molecule has 3 rings (SSSR count). The smallest absolute Gasteiger partial charge is 0.360 e. The van der Waals surface area contributed by atoms with Gasteiger partial charge in [0.2, 0.25) is 11.6 Å². The van der Waals surface area contributed by atoms with Gasteiger partial charge >= 0.3 is 5.97 Å². The number of hydrogen-bond acceptors (Lipinski definition) is 10. The highest BCUT2D eigenvalue weighted by molar-refractivity contribution is 5.88. The van der Waals surface area contributed by atoms with Crippen LogP contribution in [0.2, 0.25) is 0 Å². The second-order valence-corrected chi connectivity index (χ2v) is 5.30. The molecule has 2 heterocycles. The lowest BCUT2D eigenvalue weighted by molar-refractivity contribution is 0.0518. The van der Waals surface area contributed by atoms with Crippen molar-refractivity contribution in [3.05, 3.63) is 35.7 Å². The number of hydrogen-bond donors (Lipinski definition) is 2. The molecule has 0 spiro atoms. The normalized spacial score (nSPS) is 10.6. The van der Waals surface area contributed by atoms with Crippen LogP contribution >= 0.6 is 0 Å². The number of carbonyl (C=O) groups excluding carboxylic acids is 1. The maximum atomic E-state index is 12.2. The zero-order chi connectivity index (χ0) is 19.2. The van der Waals surface area contributed by atoms with Gasteiger partial charge in [0.05, 0.1) is 19.8 Å². The van der Waals surface area contributed by atoms with Crippen molar-refractivity contribution in [2.75, 3.05) is 24.3 Å². The molecular weight excluding hydrogens is 354 g/mol. The largest absolute Gasteiger partial charge is 0.494 e. The minimum absolute atomic E-state index is 0.0256. The van der Waals surface area contributed by atoms with Crippen LogP contribution in [0.1, 0.15) is 30.0 Å². The Hall–Kier alpha value is -3.63. The summed E-state index contributed by atoms with van der Waals surface area (Å²) in [7, 11) is 0. The highest BCUT2D eigenvalue weighted by atomic mass is 16.6. The molecule has 0 bridgehead atoms. The van der Waals surface area contributed by atoms with Gasteiger partial charge in [-0.2, -0.15) is 4.68 Å². The monoisotopic (exact) mass is 373 g/mol. The number of nitrogens with zero attached hydrogens (tertiary/aromatic N) is 5. The molecule has 0 saturated heterocycles. The van der Waals surface area contributed by atoms with Crippen LogP contribution in [0.5, 0.6) is 5.75 Å². The number of aromatic nitrogens is 5. The van der Waals surface area contributed by atoms with E-state index >= 15 is 0 Å². The molecule has 0 radical (unpaired) electrons. The Kier molecular flexibility index (Phi) is 5.50. The van der Waals surface area contributed by atoms with E-state index in [1.165, 1.54) is 4.68 Å². The van der Waals surface area contributed by atoms with Crippen LogP contribution < -0.4 is 15.8 Å². The van der Waals surface area contributed by atoms with E-state index in [4.69, 9.17) is 15.2 Å². The predicted octanol–water partition coefficient (Wildman–Crippen LogP) is 1.42. The summed E-state index contributed by atoms with van der Waals surface area (Å²) in [4.78, 5) is 12.2. The summed E-state index contributed by atoms with van der Waals surface area (Å²) in [5, 5.41) is 18.3. The quantitative estimate of drug-likeness (QED) is 0.556. The molecule has 1 aromatic carbocycles. The second-order valence-electron chi connectivity index (χ2n) is 5.30. The molecule has 11 heteroatoms. The fourth-order valence-corrected chi connectivity index (χ4v) is 2.35. The molecule has 11 nitrogen and oxygen atoms in total. The van der Waals surface area contributed by atoms with Crippen LogP contribution in [0.4, 0.5) is 11.5 Å². The van der Waals surface area contributed by atoms with Crippen molar-refractivity contribution in [2.24, 2.45) is 0 Å². The van der Waals surface area contributed by atoms with Gasteiger partial charge < -0.3 is 20.5 Å². The third-order valence-corrected chi connectivity index (χ3v) is 3.55. The Labute approximate surface area is 154 Å². The fraction of sp³-hybridized carbons (Fsp3) is 0.312. The SMILES string of the molecule is CCOC(=O)c1nnn(-c2nonc2N)c1CNc1ccc(OCC)cc1. The van der Waals surface area contributed by atoms with E-state index in [0.29, 0.717) is 12.3 Å². The zero-order valence-corrected chi connectivity index (χ0v) is 14.9. The molecule has 3 N–H and O–H groups in total. The lowest BCUT2D eigenvalue weighted by atomic mass is 10.2. The number of ether oxygens (including phenoxy) is 2. The summed E-state index contributed by atoms with van der Waals surface area (Å²) in [6.07, 6.45) is 0. The number of carbonyl (C=O) groups is 1. The van der Waals surface area contributed by atoms with Crippen molar-refractivity contribution in [1.82, 2.24) is 25.3 Å². The lowest BCUT2D eigenvalue weighted by Gasteiger charge is -2.10. The summed E-state index contributed by atoms with van der Waals surface area (Å²) in [5.74, 6) is 0.338. The van der Waals surface area contributed by atoms with Crippen molar-refractivity contribution in [3.8, 4) is 11.6 Å². The third kappa shape index (κ3) is 3.97. The van der Waals surface area contributed by atoms with E-state index in [1.807, 2.05) is 31.2 Å². The van der Waals surface area contributed by atoms with Gasteiger partial charge in [-0.1, -0.05) is 5.21 Å². The first-order valence-electron chi connectivity index (χ1n) is 8.30. The van der Waals surface area contributed by atoms with Crippen LogP contribution in [0.15, 0.2) is 28.9 Å². The van der Waals surface area contributed by atoms with Crippen molar-refractivity contribution in [1.29, 1.82) is 0 Å². The van der Waals surface area contributed by atoms with E-state index in [-0.39, 0.29) is 30.5 Å². The summed E-state index contributed by atoms with van der Waals surface area (Å²) in [5.41, 5.74) is 7.00. The number of nitrogen functional groups attached to an aromatic ring is 1. The molecule has 0 saturated carbocycles. The highest BCUT2D eigenvalue weighted by Crippen LogP contribution is 2.20. The van der Waals surface area contributed by atoms with E-state index in [1.54, 1.807) is 6.92 Å². The molecule has 0 amide bonds. The van der Waals surface area contributed by atoms with Gasteiger partial charge in [-0.15, -0.1) is 5.10 Å². The Morgan fingerprint density at radius 3 is 2.63 bits per heavy atom. The highest BCUT2D eigenvalue weighted by Gasteiger charge is 2.24. The molecule has 0 atom stereocenters. The van der Waals surface area contributed by atoms with Crippen molar-refractivity contribution in [2.45, 2.75) is 20.4 Å². The first-order valence-corrected chi connectivity index (χ1v) is 8.30. The van der Waals surface area contributed by atoms with Gasteiger partial charge in [0.1, 0.15) is 11.4 Å². The molecule has 142 valence electrons. The van der Waals surface area contributed by atoms with E-state index < -0.39 is 5.97 Å². The van der Waals surface area contributed by atoms with Crippen LogP contribution in [-0.4, -0.2) is 44.5 Å². The molecule has 2 aromatic heterocycles. The molecule has 0 aliphatic heterocycles. The minimum atomic E-state index is -0.595. The van der Waals surface area contributed by atoms with Crippen LogP contribution in [-0.2, 0) is 11.3 Å². The standard InChI is InChI=1S/C16H19N7O4/c1-3-25-11-7-5-10(6-8-11)18-9-12-13(16(24)26-4-2)19-22-23(12)15-14(17)20-27-21-15/h5-8,18H,3-4,9H2,1-2H3,(H2,17,20). The maximum absolute atomic E-state index is 12.2. The molecule has 0 fully saturated rings. The number of nitrogens with two attached hydrogens (primary N) is 1. The fourth-order valence-electron chi connectivity index (χ4n) is 2.35. The molecule has 27 heavy (non-hydrogen) atoms. The van der Waals surface area contributed by atoms with Gasteiger partial charge in [-0.25, -0.2) is 9.42 Å². The Morgan fingerprint density at radius 1 is 1.22 bits per heavy atom. The Balaban J connectivity index is 1.86. The average Bonchev–Trinajstić information content (AvgIpc) is 3.27. The lowest BCUT2D eigenvalue weighted by Crippen LogP contribution is -2.14. The summed E-state index contributed by atoms with van der Waals surface area (Å²) in [6, 6.07) is 7.39. The van der Waals surface area contributed by atoms with Crippen molar-refractivity contribution >= 4 is 17.5 Å². The zero-order valence-electron chi connectivity index (χ0n) is 14.9. The van der Waals surface area contributed by atoms with E-state index in [2.05, 4.69) is 30.6 Å². The molecule has 0 unspecified atom stereocenters. The number of esters is 1. The van der Waals surface area contributed by atoms with Gasteiger partial charge in [0.15, 0.2) is 5.69 Å². The van der Waals surface area contributed by atoms with Crippen molar-refractivity contribution in [3.63, 3.8) is 0 Å². The van der Waals surface area contributed by atoms with Crippen LogP contribution in [0.3, 0.4) is 0 Å².